The van der Waals surface area contributed by atoms with Crippen molar-refractivity contribution in [1.82, 2.24) is 9.29 Å². The van der Waals surface area contributed by atoms with Crippen molar-refractivity contribution in [3.63, 3.8) is 0 Å². The van der Waals surface area contributed by atoms with Crippen LogP contribution in [-0.4, -0.2) is 42.5 Å². The van der Waals surface area contributed by atoms with Gasteiger partial charge in [-0.3, -0.25) is 4.79 Å². The summed E-state index contributed by atoms with van der Waals surface area (Å²) in [5.74, 6) is 0.0296. The molecule has 1 aromatic heterocycles. The molecule has 2 heterocycles. The minimum absolute atomic E-state index is 0.147. The summed E-state index contributed by atoms with van der Waals surface area (Å²) in [6.07, 6.45) is 3.16. The quantitative estimate of drug-likeness (QED) is 0.464. The number of sulfonamides is 1. The SMILES string of the molecule is O=C(CSc1ccc(S(=O)(=O)N2CCCC2)cn1)Nc1ccccc1Sc1ccccc1. The fourth-order valence-corrected chi connectivity index (χ4v) is 6.31. The molecule has 0 spiro atoms. The zero-order valence-corrected chi connectivity index (χ0v) is 19.8. The van der Waals surface area contributed by atoms with Gasteiger partial charge in [0.1, 0.15) is 4.90 Å². The number of rotatable bonds is 8. The summed E-state index contributed by atoms with van der Waals surface area (Å²) in [4.78, 5) is 19.0. The number of anilines is 1. The van der Waals surface area contributed by atoms with Crippen LogP contribution in [0.15, 0.2) is 92.6 Å². The molecule has 1 fully saturated rings. The number of amides is 1. The van der Waals surface area contributed by atoms with Gasteiger partial charge in [0, 0.05) is 29.1 Å². The van der Waals surface area contributed by atoms with E-state index in [0.29, 0.717) is 18.1 Å². The second-order valence-electron chi connectivity index (χ2n) is 7.19. The van der Waals surface area contributed by atoms with Gasteiger partial charge in [-0.05, 0) is 49.2 Å². The van der Waals surface area contributed by atoms with E-state index in [9.17, 15) is 13.2 Å². The van der Waals surface area contributed by atoms with Gasteiger partial charge in [0.2, 0.25) is 15.9 Å². The Morgan fingerprint density at radius 1 is 0.969 bits per heavy atom. The smallest absolute Gasteiger partial charge is 0.244 e. The fraction of sp³-hybridized carbons (Fsp3) is 0.217. The predicted octanol–water partition coefficient (Wildman–Crippen LogP) is 4.75. The Labute approximate surface area is 196 Å². The number of thioether (sulfide) groups is 1. The molecular weight excluding hydrogens is 462 g/mol. The van der Waals surface area contributed by atoms with Gasteiger partial charge in [-0.25, -0.2) is 13.4 Å². The molecule has 1 N–H and O–H groups in total. The molecule has 0 unspecified atom stereocenters. The van der Waals surface area contributed by atoms with Crippen molar-refractivity contribution in [2.75, 3.05) is 24.2 Å². The molecule has 3 aromatic rings. The van der Waals surface area contributed by atoms with E-state index in [1.54, 1.807) is 23.9 Å². The molecule has 32 heavy (non-hydrogen) atoms. The highest BCUT2D eigenvalue weighted by Gasteiger charge is 2.27. The molecule has 0 aliphatic carbocycles. The van der Waals surface area contributed by atoms with Crippen molar-refractivity contribution in [3.8, 4) is 0 Å². The van der Waals surface area contributed by atoms with Crippen molar-refractivity contribution < 1.29 is 13.2 Å². The third-order valence-electron chi connectivity index (χ3n) is 4.90. The van der Waals surface area contributed by atoms with E-state index in [1.165, 1.54) is 22.3 Å². The Bertz CT molecular complexity index is 1160. The van der Waals surface area contributed by atoms with Crippen molar-refractivity contribution in [2.24, 2.45) is 0 Å². The normalized spacial score (nSPS) is 14.4. The second kappa shape index (κ2) is 10.5. The number of nitrogens with one attached hydrogen (secondary N) is 1. The second-order valence-corrected chi connectivity index (χ2v) is 11.2. The number of aromatic nitrogens is 1. The van der Waals surface area contributed by atoms with Gasteiger partial charge >= 0.3 is 0 Å². The highest BCUT2D eigenvalue weighted by Crippen LogP contribution is 2.33. The first-order valence-electron chi connectivity index (χ1n) is 10.2. The lowest BCUT2D eigenvalue weighted by Gasteiger charge is -2.15. The van der Waals surface area contributed by atoms with Crippen LogP contribution in [0.2, 0.25) is 0 Å². The third-order valence-corrected chi connectivity index (χ3v) is 8.81. The van der Waals surface area contributed by atoms with Crippen molar-refractivity contribution in [3.05, 3.63) is 72.9 Å². The van der Waals surface area contributed by atoms with Crippen LogP contribution in [-0.2, 0) is 14.8 Å². The zero-order valence-electron chi connectivity index (χ0n) is 17.3. The number of pyridine rings is 1. The molecule has 1 saturated heterocycles. The van der Waals surface area contributed by atoms with E-state index in [2.05, 4.69) is 10.3 Å². The lowest BCUT2D eigenvalue weighted by Crippen LogP contribution is -2.27. The minimum atomic E-state index is -3.48. The topological polar surface area (TPSA) is 79.4 Å². The molecular formula is C23H23N3O3S3. The highest BCUT2D eigenvalue weighted by atomic mass is 32.2. The molecule has 0 atom stereocenters. The summed E-state index contributed by atoms with van der Waals surface area (Å²) in [6.45, 7) is 1.12. The van der Waals surface area contributed by atoms with Crippen LogP contribution in [0.1, 0.15) is 12.8 Å². The molecule has 1 aliphatic heterocycles. The molecule has 2 aromatic carbocycles. The first kappa shape index (κ1) is 22.8. The number of carbonyl (C=O) groups is 1. The van der Waals surface area contributed by atoms with E-state index in [-0.39, 0.29) is 16.6 Å². The van der Waals surface area contributed by atoms with Gasteiger partial charge < -0.3 is 5.32 Å². The maximum atomic E-state index is 12.6. The Balaban J connectivity index is 1.35. The summed E-state index contributed by atoms with van der Waals surface area (Å²) in [7, 11) is -3.48. The number of para-hydroxylation sites is 1. The van der Waals surface area contributed by atoms with Crippen LogP contribution in [0.5, 0.6) is 0 Å². The van der Waals surface area contributed by atoms with Gasteiger partial charge in [0.15, 0.2) is 0 Å². The van der Waals surface area contributed by atoms with Crippen molar-refractivity contribution >= 4 is 45.1 Å². The number of benzene rings is 2. The average Bonchev–Trinajstić information content (AvgIpc) is 3.36. The van der Waals surface area contributed by atoms with E-state index in [4.69, 9.17) is 0 Å². The molecule has 4 rings (SSSR count). The lowest BCUT2D eigenvalue weighted by molar-refractivity contribution is -0.113. The Morgan fingerprint density at radius 2 is 1.69 bits per heavy atom. The van der Waals surface area contributed by atoms with Crippen LogP contribution in [0.3, 0.4) is 0 Å². The lowest BCUT2D eigenvalue weighted by atomic mass is 10.3. The molecule has 9 heteroatoms. The van der Waals surface area contributed by atoms with E-state index in [0.717, 1.165) is 28.3 Å². The molecule has 1 amide bonds. The summed E-state index contributed by atoms with van der Waals surface area (Å²) < 4.78 is 26.7. The van der Waals surface area contributed by atoms with E-state index in [1.807, 2.05) is 54.6 Å². The summed E-state index contributed by atoms with van der Waals surface area (Å²) in [5, 5.41) is 3.57. The predicted molar refractivity (Wildman–Crippen MR) is 129 cm³/mol. The first-order valence-corrected chi connectivity index (χ1v) is 13.5. The monoisotopic (exact) mass is 485 g/mol. The third kappa shape index (κ3) is 5.72. The Kier molecular flexibility index (Phi) is 7.51. The molecule has 0 bridgehead atoms. The van der Waals surface area contributed by atoms with Gasteiger partial charge in [-0.1, -0.05) is 53.9 Å². The van der Waals surface area contributed by atoms with Crippen LogP contribution in [0.4, 0.5) is 5.69 Å². The van der Waals surface area contributed by atoms with E-state index < -0.39 is 10.0 Å². The highest BCUT2D eigenvalue weighted by molar-refractivity contribution is 8.00. The van der Waals surface area contributed by atoms with E-state index >= 15 is 0 Å². The largest absolute Gasteiger partial charge is 0.324 e. The van der Waals surface area contributed by atoms with Crippen LogP contribution >= 0.6 is 23.5 Å². The van der Waals surface area contributed by atoms with Gasteiger partial charge in [0.25, 0.3) is 0 Å². The molecule has 0 saturated carbocycles. The molecule has 0 radical (unpaired) electrons. The van der Waals surface area contributed by atoms with Crippen LogP contribution in [0.25, 0.3) is 0 Å². The number of hydrogen-bond acceptors (Lipinski definition) is 6. The molecule has 166 valence electrons. The maximum absolute atomic E-state index is 12.6. The molecule has 6 nitrogen and oxygen atoms in total. The number of nitrogens with zero attached hydrogens (tertiary/aromatic N) is 2. The fourth-order valence-electron chi connectivity index (χ4n) is 3.28. The Morgan fingerprint density at radius 3 is 2.41 bits per heavy atom. The van der Waals surface area contributed by atoms with Gasteiger partial charge in [-0.2, -0.15) is 4.31 Å². The Hall–Kier alpha value is -2.33. The van der Waals surface area contributed by atoms with Crippen molar-refractivity contribution in [1.29, 1.82) is 0 Å². The summed E-state index contributed by atoms with van der Waals surface area (Å²) in [5.41, 5.74) is 0.756. The van der Waals surface area contributed by atoms with Crippen LogP contribution in [0, 0.1) is 0 Å². The van der Waals surface area contributed by atoms with Gasteiger partial charge in [-0.15, -0.1) is 0 Å². The number of carbonyl (C=O) groups excluding carboxylic acids is 1. The van der Waals surface area contributed by atoms with Crippen LogP contribution < -0.4 is 5.32 Å². The first-order chi connectivity index (χ1) is 15.5. The maximum Gasteiger partial charge on any atom is 0.244 e. The summed E-state index contributed by atoms with van der Waals surface area (Å²) in [6, 6.07) is 20.9. The molecule has 1 aliphatic rings. The minimum Gasteiger partial charge on any atom is -0.324 e. The average molecular weight is 486 g/mol. The standard InChI is InChI=1S/C23H23N3O3S3/c27-22(25-20-10-4-5-11-21(20)31-18-8-2-1-3-9-18)17-30-23-13-12-19(16-24-23)32(28,29)26-14-6-7-15-26/h1-5,8-13,16H,6-7,14-15,17H2,(H,25,27). The summed E-state index contributed by atoms with van der Waals surface area (Å²) >= 11 is 2.86. The zero-order chi connectivity index (χ0) is 22.4. The number of hydrogen-bond donors (Lipinski definition) is 1. The van der Waals surface area contributed by atoms with Crippen molar-refractivity contribution in [2.45, 2.75) is 32.6 Å². The van der Waals surface area contributed by atoms with Gasteiger partial charge in [0.05, 0.1) is 16.5 Å².